The van der Waals surface area contributed by atoms with E-state index in [0.29, 0.717) is 11.8 Å². The van der Waals surface area contributed by atoms with Crippen LogP contribution in [-0.4, -0.2) is 6.29 Å². The lowest BCUT2D eigenvalue weighted by atomic mass is 9.95. The van der Waals surface area contributed by atoms with Crippen LogP contribution in [0.25, 0.3) is 0 Å². The van der Waals surface area contributed by atoms with Crippen LogP contribution < -0.4 is 0 Å². The van der Waals surface area contributed by atoms with Gasteiger partial charge in [0.1, 0.15) is 6.29 Å². The summed E-state index contributed by atoms with van der Waals surface area (Å²) in [5.41, 5.74) is 0.370. The summed E-state index contributed by atoms with van der Waals surface area (Å²) in [7, 11) is 0. The van der Waals surface area contributed by atoms with E-state index in [0.717, 1.165) is 0 Å². The first kappa shape index (κ1) is 11.5. The Kier molecular flexibility index (Phi) is 4.09. The standard InChI is InChI=1S/C11H9F3O/c12-10(11(13)14)9(6-7-15)8-4-2-1-3-5-8/h1-5,7,9H,6H2. The molecule has 0 spiro atoms. The van der Waals surface area contributed by atoms with Gasteiger partial charge >= 0.3 is 6.08 Å². The van der Waals surface area contributed by atoms with E-state index >= 15 is 0 Å². The molecule has 15 heavy (non-hydrogen) atoms. The molecule has 1 unspecified atom stereocenters. The van der Waals surface area contributed by atoms with Crippen molar-refractivity contribution in [2.45, 2.75) is 12.3 Å². The topological polar surface area (TPSA) is 17.1 Å². The minimum Gasteiger partial charge on any atom is -0.303 e. The Morgan fingerprint density at radius 2 is 1.80 bits per heavy atom. The number of allylic oxidation sites excluding steroid dienone is 1. The summed E-state index contributed by atoms with van der Waals surface area (Å²) in [5, 5.41) is 0. The minimum absolute atomic E-state index is 0.285. The molecule has 0 N–H and O–H groups in total. The molecule has 4 heteroatoms. The molecule has 0 aromatic heterocycles. The second-order valence-corrected chi connectivity index (χ2v) is 2.97. The predicted molar refractivity (Wildman–Crippen MR) is 50.2 cm³/mol. The van der Waals surface area contributed by atoms with Crippen molar-refractivity contribution in [1.82, 2.24) is 0 Å². The third-order valence-electron chi connectivity index (χ3n) is 2.02. The van der Waals surface area contributed by atoms with Gasteiger partial charge in [0, 0.05) is 12.3 Å². The molecular weight excluding hydrogens is 205 g/mol. The number of rotatable bonds is 4. The lowest BCUT2D eigenvalue weighted by Gasteiger charge is -2.11. The molecule has 0 aliphatic heterocycles. The maximum absolute atomic E-state index is 13.0. The van der Waals surface area contributed by atoms with E-state index < -0.39 is 17.8 Å². The third kappa shape index (κ3) is 2.94. The quantitative estimate of drug-likeness (QED) is 0.701. The van der Waals surface area contributed by atoms with E-state index in [1.54, 1.807) is 18.2 Å². The van der Waals surface area contributed by atoms with Crippen molar-refractivity contribution >= 4 is 6.29 Å². The van der Waals surface area contributed by atoms with Gasteiger partial charge in [-0.25, -0.2) is 4.39 Å². The fraction of sp³-hybridized carbons (Fsp3) is 0.182. The Bertz CT molecular complexity index is 355. The second-order valence-electron chi connectivity index (χ2n) is 2.97. The largest absolute Gasteiger partial charge is 0.303 e. The third-order valence-corrected chi connectivity index (χ3v) is 2.02. The van der Waals surface area contributed by atoms with Crippen LogP contribution in [0.1, 0.15) is 17.9 Å². The van der Waals surface area contributed by atoms with Crippen LogP contribution in [0.2, 0.25) is 0 Å². The Morgan fingerprint density at radius 1 is 1.20 bits per heavy atom. The Morgan fingerprint density at radius 3 is 2.27 bits per heavy atom. The van der Waals surface area contributed by atoms with Gasteiger partial charge in [-0.05, 0) is 5.56 Å². The van der Waals surface area contributed by atoms with Crippen molar-refractivity contribution in [2.24, 2.45) is 0 Å². The van der Waals surface area contributed by atoms with Crippen molar-refractivity contribution in [2.75, 3.05) is 0 Å². The molecule has 0 radical (unpaired) electrons. The van der Waals surface area contributed by atoms with E-state index in [9.17, 15) is 18.0 Å². The Hall–Kier alpha value is -1.58. The van der Waals surface area contributed by atoms with Crippen molar-refractivity contribution in [3.63, 3.8) is 0 Å². The van der Waals surface area contributed by atoms with E-state index in [1.165, 1.54) is 12.1 Å². The fourth-order valence-corrected chi connectivity index (χ4v) is 1.30. The predicted octanol–water partition coefficient (Wildman–Crippen LogP) is 3.44. The normalized spacial score (nSPS) is 11.9. The van der Waals surface area contributed by atoms with Crippen molar-refractivity contribution in [3.05, 3.63) is 47.8 Å². The molecule has 0 bridgehead atoms. The van der Waals surface area contributed by atoms with Crippen LogP contribution in [0.4, 0.5) is 13.2 Å². The Balaban J connectivity index is 3.04. The number of hydrogen-bond donors (Lipinski definition) is 0. The molecule has 0 aliphatic rings. The molecule has 0 saturated carbocycles. The van der Waals surface area contributed by atoms with E-state index in [4.69, 9.17) is 0 Å². The van der Waals surface area contributed by atoms with Crippen LogP contribution in [0.3, 0.4) is 0 Å². The van der Waals surface area contributed by atoms with Crippen LogP contribution >= 0.6 is 0 Å². The molecule has 0 heterocycles. The van der Waals surface area contributed by atoms with Crippen molar-refractivity contribution in [1.29, 1.82) is 0 Å². The van der Waals surface area contributed by atoms with Gasteiger partial charge in [0.15, 0.2) is 5.83 Å². The summed E-state index contributed by atoms with van der Waals surface area (Å²) in [6, 6.07) is 7.93. The zero-order valence-electron chi connectivity index (χ0n) is 7.79. The van der Waals surface area contributed by atoms with Crippen LogP contribution in [0.15, 0.2) is 42.2 Å². The molecule has 80 valence electrons. The lowest BCUT2D eigenvalue weighted by Crippen LogP contribution is -2.01. The maximum Gasteiger partial charge on any atom is 0.302 e. The van der Waals surface area contributed by atoms with Gasteiger partial charge in [0.25, 0.3) is 0 Å². The summed E-state index contributed by atoms with van der Waals surface area (Å²) in [6.45, 7) is 0. The first-order valence-corrected chi connectivity index (χ1v) is 4.36. The zero-order valence-corrected chi connectivity index (χ0v) is 7.79. The molecule has 1 aromatic rings. The molecular formula is C11H9F3O. The van der Waals surface area contributed by atoms with Crippen molar-refractivity contribution in [3.8, 4) is 0 Å². The number of aldehydes is 1. The van der Waals surface area contributed by atoms with Gasteiger partial charge in [-0.3, -0.25) is 0 Å². The summed E-state index contributed by atoms with van der Waals surface area (Å²) in [5.74, 6) is -2.71. The van der Waals surface area contributed by atoms with Gasteiger partial charge in [0.2, 0.25) is 0 Å². The summed E-state index contributed by atoms with van der Waals surface area (Å²) < 4.78 is 37.2. The summed E-state index contributed by atoms with van der Waals surface area (Å²) >= 11 is 0. The number of halogens is 3. The van der Waals surface area contributed by atoms with Gasteiger partial charge in [0.05, 0.1) is 0 Å². The highest BCUT2D eigenvalue weighted by Crippen LogP contribution is 2.30. The maximum atomic E-state index is 13.0. The van der Waals surface area contributed by atoms with Crippen LogP contribution in [0, 0.1) is 0 Å². The minimum atomic E-state index is -2.37. The van der Waals surface area contributed by atoms with Gasteiger partial charge in [-0.1, -0.05) is 30.3 Å². The average Bonchev–Trinajstić information content (AvgIpc) is 2.26. The van der Waals surface area contributed by atoms with Crippen molar-refractivity contribution < 1.29 is 18.0 Å². The smallest absolute Gasteiger partial charge is 0.302 e. The monoisotopic (exact) mass is 214 g/mol. The van der Waals surface area contributed by atoms with Crippen LogP contribution in [0.5, 0.6) is 0 Å². The number of benzene rings is 1. The molecule has 0 amide bonds. The molecule has 1 atom stereocenters. The molecule has 1 nitrogen and oxygen atoms in total. The zero-order chi connectivity index (χ0) is 11.3. The van der Waals surface area contributed by atoms with E-state index in [2.05, 4.69) is 0 Å². The first-order valence-electron chi connectivity index (χ1n) is 4.36. The van der Waals surface area contributed by atoms with E-state index in [-0.39, 0.29) is 6.42 Å². The average molecular weight is 214 g/mol. The highest BCUT2D eigenvalue weighted by atomic mass is 19.3. The SMILES string of the molecule is O=CCC(C(F)=C(F)F)c1ccccc1. The molecule has 1 rings (SSSR count). The van der Waals surface area contributed by atoms with E-state index in [1.807, 2.05) is 0 Å². The first-order chi connectivity index (χ1) is 7.16. The van der Waals surface area contributed by atoms with Gasteiger partial charge in [-0.2, -0.15) is 8.78 Å². The lowest BCUT2D eigenvalue weighted by molar-refractivity contribution is -0.108. The van der Waals surface area contributed by atoms with Gasteiger partial charge < -0.3 is 4.79 Å². The second kappa shape index (κ2) is 5.34. The highest BCUT2D eigenvalue weighted by Gasteiger charge is 2.20. The molecule has 1 aromatic carbocycles. The molecule has 0 fully saturated rings. The molecule has 0 aliphatic carbocycles. The number of hydrogen-bond acceptors (Lipinski definition) is 1. The van der Waals surface area contributed by atoms with Gasteiger partial charge in [-0.15, -0.1) is 0 Å². The summed E-state index contributed by atoms with van der Waals surface area (Å²) in [6.07, 6.45) is -2.22. The van der Waals surface area contributed by atoms with Crippen LogP contribution in [-0.2, 0) is 4.79 Å². The number of carbonyl (C=O) groups excluding carboxylic acids is 1. The molecule has 0 saturated heterocycles. The fourth-order valence-electron chi connectivity index (χ4n) is 1.30. The Labute approximate surface area is 85.2 Å². The summed E-state index contributed by atoms with van der Waals surface area (Å²) in [4.78, 5) is 10.3. The number of carbonyl (C=O) groups is 1. The highest BCUT2D eigenvalue weighted by molar-refractivity contribution is 5.53.